The topological polar surface area (TPSA) is 106 Å². The summed E-state index contributed by atoms with van der Waals surface area (Å²) < 4.78 is 9.89. The van der Waals surface area contributed by atoms with Gasteiger partial charge in [0, 0.05) is 6.42 Å². The number of ether oxygens (including phenoxy) is 2. The molecule has 0 saturated heterocycles. The summed E-state index contributed by atoms with van der Waals surface area (Å²) in [6.45, 7) is 7.02. The second kappa shape index (κ2) is 7.31. The summed E-state index contributed by atoms with van der Waals surface area (Å²) in [6.07, 6.45) is 5.40. The number of nitrogens with zero attached hydrogens (tertiary/aromatic N) is 1. The zero-order valence-electron chi connectivity index (χ0n) is 15.7. The quantitative estimate of drug-likeness (QED) is 0.738. The van der Waals surface area contributed by atoms with Crippen molar-refractivity contribution >= 4 is 23.7 Å². The van der Waals surface area contributed by atoms with Crippen molar-refractivity contribution < 1.29 is 23.9 Å². The van der Waals surface area contributed by atoms with E-state index in [1.54, 1.807) is 20.8 Å². The van der Waals surface area contributed by atoms with E-state index in [9.17, 15) is 14.4 Å². The average molecular weight is 363 g/mol. The number of amides is 2. The summed E-state index contributed by atoms with van der Waals surface area (Å²) in [5.74, 6) is -1.06. The molecular weight excluding hydrogens is 338 g/mol. The molecule has 2 rings (SSSR count). The number of hydrogen-bond donors (Lipinski definition) is 2. The van der Waals surface area contributed by atoms with Gasteiger partial charge in [-0.3, -0.25) is 4.79 Å². The van der Waals surface area contributed by atoms with Crippen LogP contribution in [0.2, 0.25) is 0 Å². The first-order valence-corrected chi connectivity index (χ1v) is 8.39. The predicted molar refractivity (Wildman–Crippen MR) is 95.6 cm³/mol. The maximum atomic E-state index is 12.4. The molecule has 8 heteroatoms. The van der Waals surface area contributed by atoms with Crippen molar-refractivity contribution in [3.63, 3.8) is 0 Å². The highest BCUT2D eigenvalue weighted by Crippen LogP contribution is 2.29. The number of allylic oxidation sites excluding steroid dienone is 2. The molecule has 0 radical (unpaired) electrons. The number of esters is 1. The predicted octanol–water partition coefficient (Wildman–Crippen LogP) is 1.62. The molecule has 2 aliphatic rings. The summed E-state index contributed by atoms with van der Waals surface area (Å²) in [6, 6.07) is -1.08. The lowest BCUT2D eigenvalue weighted by Gasteiger charge is -2.36. The molecule has 0 fully saturated rings. The van der Waals surface area contributed by atoms with E-state index in [1.807, 2.05) is 25.2 Å². The molecule has 0 aromatic rings. The van der Waals surface area contributed by atoms with Crippen molar-refractivity contribution in [3.05, 3.63) is 23.9 Å². The SMILES string of the molecule is COC(=O)C(CC1=NC2=CC=CCC2(C)NC1=O)NC(=O)OC(C)(C)C. The first-order valence-electron chi connectivity index (χ1n) is 8.39. The second-order valence-electron chi connectivity index (χ2n) is 7.46. The second-order valence-corrected chi connectivity index (χ2v) is 7.46. The fraction of sp³-hybridized carbons (Fsp3) is 0.556. The Morgan fingerprint density at radius 2 is 2.12 bits per heavy atom. The van der Waals surface area contributed by atoms with Crippen molar-refractivity contribution in [2.24, 2.45) is 4.99 Å². The molecule has 0 spiro atoms. The number of methoxy groups -OCH3 is 1. The van der Waals surface area contributed by atoms with Crippen LogP contribution in [0.1, 0.15) is 40.5 Å². The summed E-state index contributed by atoms with van der Waals surface area (Å²) in [5, 5.41) is 5.36. The molecule has 0 saturated carbocycles. The van der Waals surface area contributed by atoms with Crippen molar-refractivity contribution in [3.8, 4) is 0 Å². The van der Waals surface area contributed by atoms with Crippen molar-refractivity contribution in [2.75, 3.05) is 7.11 Å². The Hall–Kier alpha value is -2.64. The number of hydrogen-bond acceptors (Lipinski definition) is 6. The lowest BCUT2D eigenvalue weighted by Crippen LogP contribution is -2.55. The summed E-state index contributed by atoms with van der Waals surface area (Å²) in [7, 11) is 1.21. The molecular formula is C18H25N3O5. The smallest absolute Gasteiger partial charge is 0.408 e. The van der Waals surface area contributed by atoms with Crippen LogP contribution in [0.3, 0.4) is 0 Å². The van der Waals surface area contributed by atoms with E-state index < -0.39 is 29.2 Å². The van der Waals surface area contributed by atoms with E-state index in [-0.39, 0.29) is 18.0 Å². The minimum atomic E-state index is -1.08. The third-order valence-electron chi connectivity index (χ3n) is 3.96. The molecule has 8 nitrogen and oxygen atoms in total. The number of carbonyl (C=O) groups excluding carboxylic acids is 3. The van der Waals surface area contributed by atoms with Gasteiger partial charge >= 0.3 is 12.1 Å². The Labute approximate surface area is 152 Å². The van der Waals surface area contributed by atoms with Crippen LogP contribution >= 0.6 is 0 Å². The van der Waals surface area contributed by atoms with Crippen LogP contribution in [0, 0.1) is 0 Å². The fourth-order valence-electron chi connectivity index (χ4n) is 2.66. The molecule has 0 bridgehead atoms. The molecule has 1 heterocycles. The molecule has 2 amide bonds. The fourth-order valence-corrected chi connectivity index (χ4v) is 2.66. The molecule has 2 atom stereocenters. The molecule has 142 valence electrons. The molecule has 2 N–H and O–H groups in total. The number of rotatable bonds is 4. The van der Waals surface area contributed by atoms with Gasteiger partial charge in [0.2, 0.25) is 0 Å². The lowest BCUT2D eigenvalue weighted by atomic mass is 9.87. The van der Waals surface area contributed by atoms with E-state index >= 15 is 0 Å². The summed E-state index contributed by atoms with van der Waals surface area (Å²) >= 11 is 0. The average Bonchev–Trinajstić information content (AvgIpc) is 2.52. The van der Waals surface area contributed by atoms with Gasteiger partial charge in [-0.05, 0) is 40.2 Å². The Kier molecular flexibility index (Phi) is 5.53. The van der Waals surface area contributed by atoms with E-state index in [1.165, 1.54) is 7.11 Å². The highest BCUT2D eigenvalue weighted by molar-refractivity contribution is 6.40. The van der Waals surface area contributed by atoms with Gasteiger partial charge in [-0.15, -0.1) is 0 Å². The summed E-state index contributed by atoms with van der Waals surface area (Å²) in [4.78, 5) is 40.9. The van der Waals surface area contributed by atoms with Crippen molar-refractivity contribution in [1.29, 1.82) is 0 Å². The van der Waals surface area contributed by atoms with Crippen LogP contribution < -0.4 is 10.6 Å². The van der Waals surface area contributed by atoms with Crippen LogP contribution in [0.25, 0.3) is 0 Å². The molecule has 0 aromatic carbocycles. The molecule has 0 aromatic heterocycles. The zero-order valence-corrected chi connectivity index (χ0v) is 15.7. The number of carbonyl (C=O) groups is 3. The maximum absolute atomic E-state index is 12.4. The number of fused-ring (bicyclic) bond motifs is 1. The first-order chi connectivity index (χ1) is 12.0. The number of nitrogens with one attached hydrogen (secondary N) is 2. The van der Waals surface area contributed by atoms with Crippen LogP contribution in [0.5, 0.6) is 0 Å². The normalized spacial score (nSPS) is 23.0. The van der Waals surface area contributed by atoms with Gasteiger partial charge in [0.25, 0.3) is 5.91 Å². The van der Waals surface area contributed by atoms with Crippen molar-refractivity contribution in [2.45, 2.75) is 57.7 Å². The van der Waals surface area contributed by atoms with Crippen LogP contribution in [0.4, 0.5) is 4.79 Å². The van der Waals surface area contributed by atoms with Gasteiger partial charge in [0.05, 0.1) is 18.3 Å². The Balaban J connectivity index is 2.18. The Morgan fingerprint density at radius 1 is 1.42 bits per heavy atom. The van der Waals surface area contributed by atoms with Crippen LogP contribution in [0.15, 0.2) is 28.9 Å². The van der Waals surface area contributed by atoms with E-state index in [0.29, 0.717) is 12.1 Å². The minimum absolute atomic E-state index is 0.102. The van der Waals surface area contributed by atoms with Gasteiger partial charge in [-0.25, -0.2) is 14.6 Å². The van der Waals surface area contributed by atoms with E-state index in [4.69, 9.17) is 9.47 Å². The van der Waals surface area contributed by atoms with Crippen LogP contribution in [-0.4, -0.2) is 48.0 Å². The highest BCUT2D eigenvalue weighted by atomic mass is 16.6. The maximum Gasteiger partial charge on any atom is 0.408 e. The van der Waals surface area contributed by atoms with Gasteiger partial charge in [-0.2, -0.15) is 0 Å². The van der Waals surface area contributed by atoms with Gasteiger partial charge in [-0.1, -0.05) is 12.2 Å². The third kappa shape index (κ3) is 4.71. The minimum Gasteiger partial charge on any atom is -0.467 e. The zero-order chi connectivity index (χ0) is 19.5. The van der Waals surface area contributed by atoms with Crippen molar-refractivity contribution in [1.82, 2.24) is 10.6 Å². The monoisotopic (exact) mass is 363 g/mol. The van der Waals surface area contributed by atoms with E-state index in [0.717, 1.165) is 0 Å². The Bertz CT molecular complexity index is 702. The van der Waals surface area contributed by atoms with Gasteiger partial charge in [0.15, 0.2) is 0 Å². The molecule has 1 aliphatic heterocycles. The standard InChI is InChI=1S/C18H25N3O5/c1-17(2,3)26-16(24)20-12(15(23)25-5)10-11-14(22)21-18(4)9-7-6-8-13(18)19-11/h6-8,12H,9-10H2,1-5H3,(H,20,24)(H,21,22). The largest absolute Gasteiger partial charge is 0.467 e. The van der Waals surface area contributed by atoms with Crippen LogP contribution in [-0.2, 0) is 19.1 Å². The molecule has 1 aliphatic carbocycles. The molecule has 26 heavy (non-hydrogen) atoms. The summed E-state index contributed by atoms with van der Waals surface area (Å²) in [5.41, 5.74) is -0.425. The molecule has 2 unspecified atom stereocenters. The lowest BCUT2D eigenvalue weighted by molar-refractivity contribution is -0.142. The Morgan fingerprint density at radius 3 is 2.73 bits per heavy atom. The first kappa shape index (κ1) is 19.7. The van der Waals surface area contributed by atoms with Gasteiger partial charge in [0.1, 0.15) is 17.4 Å². The number of aliphatic imine (C=N–C) groups is 1. The van der Waals surface area contributed by atoms with E-state index in [2.05, 4.69) is 15.6 Å². The highest BCUT2D eigenvalue weighted by Gasteiger charge is 2.38. The third-order valence-corrected chi connectivity index (χ3v) is 3.96. The number of alkyl carbamates (subject to hydrolysis) is 1. The van der Waals surface area contributed by atoms with Gasteiger partial charge < -0.3 is 20.1 Å².